The Labute approximate surface area is 220 Å². The van der Waals surface area contributed by atoms with Crippen molar-refractivity contribution in [2.45, 2.75) is 96.5 Å². The van der Waals surface area contributed by atoms with E-state index in [9.17, 15) is 14.3 Å². The Kier molecular flexibility index (Phi) is 22.1. The second-order valence-corrected chi connectivity index (χ2v) is 11.8. The van der Waals surface area contributed by atoms with Crippen LogP contribution in [-0.2, 0) is 32.6 Å². The largest absolute Gasteiger partial charge is 0.472 e. The van der Waals surface area contributed by atoms with Gasteiger partial charge in [0, 0.05) is 19.6 Å². The van der Waals surface area contributed by atoms with Crippen molar-refractivity contribution in [1.29, 1.82) is 0 Å². The molecule has 0 aromatic rings. The van der Waals surface area contributed by atoms with E-state index in [2.05, 4.69) is 11.7 Å². The summed E-state index contributed by atoms with van der Waals surface area (Å²) in [4.78, 5) is 21.2. The van der Waals surface area contributed by atoms with E-state index in [1.54, 1.807) is 0 Å². The number of phosphoric acid groups is 1. The number of quaternary nitrogens is 1. The summed E-state index contributed by atoms with van der Waals surface area (Å²) in [6.07, 6.45) is 13.8. The lowest BCUT2D eigenvalue weighted by Crippen LogP contribution is -2.37. The number of carbonyl (C=O) groups excluding carboxylic acids is 1. The first-order chi connectivity index (χ1) is 17.1. The third kappa shape index (κ3) is 25.1. The molecule has 0 aromatic carbocycles. The molecule has 9 nitrogen and oxygen atoms in total. The summed E-state index contributed by atoms with van der Waals surface area (Å²) in [5.41, 5.74) is 0. The molecule has 0 aliphatic heterocycles. The van der Waals surface area contributed by atoms with Crippen LogP contribution in [0.3, 0.4) is 0 Å². The molecule has 0 aromatic heterocycles. The van der Waals surface area contributed by atoms with Crippen molar-refractivity contribution in [3.05, 3.63) is 0 Å². The minimum absolute atomic E-state index is 0.104. The zero-order chi connectivity index (χ0) is 27.1. The van der Waals surface area contributed by atoms with Gasteiger partial charge in [-0.1, -0.05) is 64.7 Å². The van der Waals surface area contributed by atoms with Gasteiger partial charge in [0.15, 0.2) is 0 Å². The van der Waals surface area contributed by atoms with E-state index in [-0.39, 0.29) is 25.8 Å². The molecule has 2 atom stereocenters. The number of rotatable bonds is 26. The van der Waals surface area contributed by atoms with Gasteiger partial charge in [0.05, 0.1) is 41.5 Å². The van der Waals surface area contributed by atoms with Crippen LogP contribution < -0.4 is 0 Å². The minimum Gasteiger partial charge on any atom is -0.469 e. The molecular weight excluding hydrogens is 485 g/mol. The molecule has 0 aliphatic carbocycles. The zero-order valence-electron chi connectivity index (χ0n) is 23.7. The third-order valence-electron chi connectivity index (χ3n) is 5.74. The van der Waals surface area contributed by atoms with Gasteiger partial charge >= 0.3 is 13.8 Å². The molecule has 0 radical (unpaired) electrons. The average Bonchev–Trinajstić information content (AvgIpc) is 2.81. The van der Waals surface area contributed by atoms with Crippen molar-refractivity contribution in [2.75, 3.05) is 67.8 Å². The first kappa shape index (κ1) is 35.5. The molecule has 0 spiro atoms. The molecule has 216 valence electrons. The van der Waals surface area contributed by atoms with Crippen molar-refractivity contribution in [3.8, 4) is 0 Å². The number of likely N-dealkylation sites (N-methyl/N-ethyl adjacent to an activating group) is 1. The molecule has 0 rings (SSSR count). The van der Waals surface area contributed by atoms with E-state index in [0.29, 0.717) is 43.5 Å². The SMILES string of the molecule is CCCCCCCCCCCCOC[C@H](COP(=O)(O)OCC[N+](C)(C)C)OCCCCC(=O)OC. The van der Waals surface area contributed by atoms with E-state index in [4.69, 9.17) is 18.5 Å². The van der Waals surface area contributed by atoms with Gasteiger partial charge in [0.2, 0.25) is 0 Å². The standard InChI is InChI=1S/C26H54NO8P/c1-6-7-8-9-10-11-12-13-14-16-20-32-23-25(33-21-17-15-18-26(28)31-5)24-35-36(29,30)34-22-19-27(2,3)4/h25H,6-24H2,1-5H3/p+1/t25-/m1/s1. The predicted octanol–water partition coefficient (Wildman–Crippen LogP) is 5.49. The van der Waals surface area contributed by atoms with Crippen molar-refractivity contribution in [3.63, 3.8) is 0 Å². The van der Waals surface area contributed by atoms with E-state index >= 15 is 0 Å². The minimum atomic E-state index is -4.17. The fourth-order valence-corrected chi connectivity index (χ4v) is 4.16. The molecule has 0 amide bonds. The lowest BCUT2D eigenvalue weighted by atomic mass is 10.1. The molecule has 10 heteroatoms. The molecule has 36 heavy (non-hydrogen) atoms. The van der Waals surface area contributed by atoms with Crippen LogP contribution in [0, 0.1) is 0 Å². The van der Waals surface area contributed by atoms with Gasteiger partial charge in [0.25, 0.3) is 0 Å². The van der Waals surface area contributed by atoms with E-state index in [0.717, 1.165) is 12.8 Å². The monoisotopic (exact) mass is 540 g/mol. The van der Waals surface area contributed by atoms with Crippen LogP contribution >= 0.6 is 7.82 Å². The van der Waals surface area contributed by atoms with Crippen LogP contribution in [-0.4, -0.2) is 89.3 Å². The molecule has 0 saturated heterocycles. The number of methoxy groups -OCH3 is 1. The smallest absolute Gasteiger partial charge is 0.469 e. The Bertz CT molecular complexity index is 571. The van der Waals surface area contributed by atoms with Gasteiger partial charge in [-0.05, 0) is 19.3 Å². The molecule has 0 fully saturated rings. The predicted molar refractivity (Wildman–Crippen MR) is 143 cm³/mol. The highest BCUT2D eigenvalue weighted by Gasteiger charge is 2.25. The summed E-state index contributed by atoms with van der Waals surface area (Å²) < 4.78 is 39.3. The fraction of sp³-hybridized carbons (Fsp3) is 0.962. The van der Waals surface area contributed by atoms with Gasteiger partial charge in [-0.15, -0.1) is 0 Å². The summed E-state index contributed by atoms with van der Waals surface area (Å²) in [7, 11) is 3.12. The maximum Gasteiger partial charge on any atom is 0.472 e. The first-order valence-corrected chi connectivity index (χ1v) is 15.3. The number of phosphoric ester groups is 1. The van der Waals surface area contributed by atoms with Crippen LogP contribution in [0.5, 0.6) is 0 Å². The van der Waals surface area contributed by atoms with Gasteiger partial charge in [-0.25, -0.2) is 4.57 Å². The molecule has 0 heterocycles. The summed E-state index contributed by atoms with van der Waals surface area (Å²) in [6.45, 7) is 4.12. The third-order valence-corrected chi connectivity index (χ3v) is 6.73. The Morgan fingerprint density at radius 2 is 1.39 bits per heavy atom. The number of carbonyl (C=O) groups is 1. The Morgan fingerprint density at radius 3 is 1.97 bits per heavy atom. The molecule has 0 bridgehead atoms. The lowest BCUT2D eigenvalue weighted by molar-refractivity contribution is -0.870. The molecule has 0 aliphatic rings. The number of hydrogen-bond acceptors (Lipinski definition) is 7. The Hall–Kier alpha value is -0.540. The molecule has 1 N–H and O–H groups in total. The van der Waals surface area contributed by atoms with Gasteiger partial charge in [0.1, 0.15) is 19.3 Å². The summed E-state index contributed by atoms with van der Waals surface area (Å²) in [5.74, 6) is -0.248. The highest BCUT2D eigenvalue weighted by molar-refractivity contribution is 7.47. The average molecular weight is 541 g/mol. The highest BCUT2D eigenvalue weighted by Crippen LogP contribution is 2.43. The topological polar surface area (TPSA) is 101 Å². The summed E-state index contributed by atoms with van der Waals surface area (Å²) in [6, 6.07) is 0. The maximum atomic E-state index is 12.2. The molecular formula is C26H55NO8P+. The zero-order valence-corrected chi connectivity index (χ0v) is 24.6. The van der Waals surface area contributed by atoms with Gasteiger partial charge < -0.3 is 23.6 Å². The normalized spacial score (nSPS) is 14.5. The fourth-order valence-electron chi connectivity index (χ4n) is 3.42. The van der Waals surface area contributed by atoms with Gasteiger partial charge in [-0.2, -0.15) is 0 Å². The van der Waals surface area contributed by atoms with Crippen LogP contribution in [0.25, 0.3) is 0 Å². The van der Waals surface area contributed by atoms with Gasteiger partial charge in [-0.3, -0.25) is 13.8 Å². The van der Waals surface area contributed by atoms with E-state index in [1.807, 2.05) is 21.1 Å². The van der Waals surface area contributed by atoms with Crippen LogP contribution in [0.15, 0.2) is 0 Å². The quantitative estimate of drug-likeness (QED) is 0.0665. The van der Waals surface area contributed by atoms with Crippen molar-refractivity contribution >= 4 is 13.8 Å². The number of ether oxygens (including phenoxy) is 3. The van der Waals surface area contributed by atoms with Crippen molar-refractivity contribution in [2.24, 2.45) is 0 Å². The number of nitrogens with zero attached hydrogens (tertiary/aromatic N) is 1. The summed E-state index contributed by atoms with van der Waals surface area (Å²) >= 11 is 0. The Morgan fingerprint density at radius 1 is 0.806 bits per heavy atom. The number of hydrogen-bond donors (Lipinski definition) is 1. The summed E-state index contributed by atoms with van der Waals surface area (Å²) in [5, 5.41) is 0. The van der Waals surface area contributed by atoms with Crippen LogP contribution in [0.4, 0.5) is 0 Å². The van der Waals surface area contributed by atoms with E-state index < -0.39 is 13.9 Å². The molecule has 0 saturated carbocycles. The van der Waals surface area contributed by atoms with Crippen LogP contribution in [0.2, 0.25) is 0 Å². The van der Waals surface area contributed by atoms with Crippen molar-refractivity contribution in [1.82, 2.24) is 0 Å². The highest BCUT2D eigenvalue weighted by atomic mass is 31.2. The second kappa shape index (κ2) is 22.4. The number of unbranched alkanes of at least 4 members (excludes halogenated alkanes) is 10. The Balaban J connectivity index is 4.21. The molecule has 1 unspecified atom stereocenters. The maximum absolute atomic E-state index is 12.2. The number of esters is 1. The van der Waals surface area contributed by atoms with Crippen molar-refractivity contribution < 1.29 is 42.0 Å². The van der Waals surface area contributed by atoms with Crippen LogP contribution in [0.1, 0.15) is 90.4 Å². The van der Waals surface area contributed by atoms with E-state index in [1.165, 1.54) is 58.5 Å². The first-order valence-electron chi connectivity index (χ1n) is 13.8. The lowest BCUT2D eigenvalue weighted by Gasteiger charge is -2.24. The second-order valence-electron chi connectivity index (χ2n) is 10.4.